The van der Waals surface area contributed by atoms with Crippen molar-refractivity contribution in [2.45, 2.75) is 13.5 Å². The summed E-state index contributed by atoms with van der Waals surface area (Å²) in [6.45, 7) is 2.97. The lowest BCUT2D eigenvalue weighted by atomic mass is 10.2. The van der Waals surface area contributed by atoms with E-state index in [9.17, 15) is 4.79 Å². The van der Waals surface area contributed by atoms with Gasteiger partial charge in [-0.05, 0) is 24.6 Å². The topological polar surface area (TPSA) is 103 Å². The first kappa shape index (κ1) is 16.8. The molecule has 0 saturated heterocycles. The van der Waals surface area contributed by atoms with Gasteiger partial charge in [-0.25, -0.2) is 9.97 Å². The lowest BCUT2D eigenvalue weighted by molar-refractivity contribution is 0.0746. The van der Waals surface area contributed by atoms with E-state index in [2.05, 4.69) is 15.1 Å². The summed E-state index contributed by atoms with van der Waals surface area (Å²) in [6, 6.07) is 14.9. The molecule has 1 aromatic carbocycles. The molecule has 4 aromatic rings. The van der Waals surface area contributed by atoms with Gasteiger partial charge < -0.3 is 15.1 Å². The second kappa shape index (κ2) is 6.91. The predicted octanol–water partition coefficient (Wildman–Crippen LogP) is 2.63. The zero-order chi connectivity index (χ0) is 18.8. The highest BCUT2D eigenvalue weighted by Crippen LogP contribution is 2.19. The Labute approximate surface area is 155 Å². The van der Waals surface area contributed by atoms with E-state index in [0.29, 0.717) is 30.3 Å². The van der Waals surface area contributed by atoms with Gasteiger partial charge in [0.15, 0.2) is 11.4 Å². The third-order valence-corrected chi connectivity index (χ3v) is 4.20. The van der Waals surface area contributed by atoms with Crippen molar-refractivity contribution in [3.8, 4) is 11.6 Å². The van der Waals surface area contributed by atoms with E-state index in [1.54, 1.807) is 29.4 Å². The molecule has 0 aliphatic carbocycles. The molecule has 2 N–H and O–H groups in total. The molecule has 27 heavy (non-hydrogen) atoms. The van der Waals surface area contributed by atoms with Crippen molar-refractivity contribution < 1.29 is 9.21 Å². The Balaban J connectivity index is 1.66. The second-order valence-electron chi connectivity index (χ2n) is 5.99. The number of furan rings is 1. The fraction of sp³-hybridized carbons (Fsp3) is 0.158. The lowest BCUT2D eigenvalue weighted by Crippen LogP contribution is -2.31. The highest BCUT2D eigenvalue weighted by molar-refractivity contribution is 5.93. The first-order chi connectivity index (χ1) is 13.2. The van der Waals surface area contributed by atoms with Gasteiger partial charge in [0.25, 0.3) is 5.91 Å². The molecular formula is C19H18N6O2. The molecule has 0 aliphatic heterocycles. The summed E-state index contributed by atoms with van der Waals surface area (Å²) in [5.41, 5.74) is 7.72. The average molecular weight is 362 g/mol. The van der Waals surface area contributed by atoms with Crippen LogP contribution in [0.15, 0.2) is 59.2 Å². The third-order valence-electron chi connectivity index (χ3n) is 4.20. The summed E-state index contributed by atoms with van der Waals surface area (Å²) < 4.78 is 6.70. The van der Waals surface area contributed by atoms with Crippen LogP contribution < -0.4 is 5.73 Å². The number of anilines is 1. The summed E-state index contributed by atoms with van der Waals surface area (Å²) in [6.07, 6.45) is 1.54. The van der Waals surface area contributed by atoms with Crippen LogP contribution in [0, 0.1) is 0 Å². The molecular weight excluding hydrogens is 344 g/mol. The number of hydrogen-bond acceptors (Lipinski definition) is 6. The predicted molar refractivity (Wildman–Crippen MR) is 99.8 cm³/mol. The minimum atomic E-state index is -0.210. The first-order valence-corrected chi connectivity index (χ1v) is 8.56. The van der Waals surface area contributed by atoms with Crippen LogP contribution in [0.3, 0.4) is 0 Å². The molecule has 8 nitrogen and oxygen atoms in total. The normalized spacial score (nSPS) is 11.0. The number of benzene rings is 1. The number of nitrogens with zero attached hydrogens (tertiary/aromatic N) is 5. The van der Waals surface area contributed by atoms with E-state index in [1.165, 1.54) is 4.52 Å². The SMILES string of the molecule is CCN(Cc1ccccc1)C(=O)c1cc2nc(-c3ccco3)nn2c(N)n1. The van der Waals surface area contributed by atoms with Crippen LogP contribution in [0.1, 0.15) is 23.0 Å². The van der Waals surface area contributed by atoms with Crippen molar-refractivity contribution in [2.24, 2.45) is 0 Å². The monoisotopic (exact) mass is 362 g/mol. The number of amides is 1. The number of nitrogen functional groups attached to an aromatic ring is 1. The molecule has 0 fully saturated rings. The number of fused-ring (bicyclic) bond motifs is 1. The van der Waals surface area contributed by atoms with Gasteiger partial charge in [0.2, 0.25) is 11.8 Å². The van der Waals surface area contributed by atoms with Crippen LogP contribution in [0.2, 0.25) is 0 Å². The van der Waals surface area contributed by atoms with Crippen LogP contribution in [-0.4, -0.2) is 36.9 Å². The number of hydrogen-bond donors (Lipinski definition) is 1. The molecule has 0 atom stereocenters. The second-order valence-corrected chi connectivity index (χ2v) is 5.99. The van der Waals surface area contributed by atoms with E-state index < -0.39 is 0 Å². The molecule has 136 valence electrons. The smallest absolute Gasteiger partial charge is 0.273 e. The Morgan fingerprint density at radius 2 is 2.00 bits per heavy atom. The summed E-state index contributed by atoms with van der Waals surface area (Å²) in [5.74, 6) is 0.787. The molecule has 0 bridgehead atoms. The van der Waals surface area contributed by atoms with Gasteiger partial charge in [-0.3, -0.25) is 4.79 Å². The fourth-order valence-electron chi connectivity index (χ4n) is 2.82. The minimum absolute atomic E-state index is 0.0944. The minimum Gasteiger partial charge on any atom is -0.461 e. The number of aromatic nitrogens is 4. The Kier molecular flexibility index (Phi) is 4.29. The van der Waals surface area contributed by atoms with E-state index in [0.717, 1.165) is 5.56 Å². The molecule has 0 aliphatic rings. The van der Waals surface area contributed by atoms with Crippen LogP contribution in [0.5, 0.6) is 0 Å². The van der Waals surface area contributed by atoms with E-state index in [-0.39, 0.29) is 17.5 Å². The Hall–Kier alpha value is -3.68. The molecule has 0 spiro atoms. The van der Waals surface area contributed by atoms with Gasteiger partial charge in [-0.1, -0.05) is 30.3 Å². The van der Waals surface area contributed by atoms with Gasteiger partial charge in [-0.15, -0.1) is 5.10 Å². The Morgan fingerprint density at radius 1 is 1.19 bits per heavy atom. The molecule has 4 rings (SSSR count). The zero-order valence-corrected chi connectivity index (χ0v) is 14.7. The van der Waals surface area contributed by atoms with Gasteiger partial charge in [0.05, 0.1) is 6.26 Å². The third kappa shape index (κ3) is 3.24. The van der Waals surface area contributed by atoms with Crippen molar-refractivity contribution in [3.05, 3.63) is 66.1 Å². The quantitative estimate of drug-likeness (QED) is 0.585. The zero-order valence-electron chi connectivity index (χ0n) is 14.7. The van der Waals surface area contributed by atoms with Crippen LogP contribution in [0.25, 0.3) is 17.2 Å². The van der Waals surface area contributed by atoms with Crippen molar-refractivity contribution >= 4 is 17.5 Å². The molecule has 0 radical (unpaired) electrons. The maximum atomic E-state index is 12.9. The lowest BCUT2D eigenvalue weighted by Gasteiger charge is -2.20. The summed E-state index contributed by atoms with van der Waals surface area (Å²) >= 11 is 0. The van der Waals surface area contributed by atoms with Crippen LogP contribution >= 0.6 is 0 Å². The van der Waals surface area contributed by atoms with Crippen LogP contribution in [0.4, 0.5) is 5.95 Å². The van der Waals surface area contributed by atoms with E-state index in [1.807, 2.05) is 37.3 Å². The fourth-order valence-corrected chi connectivity index (χ4v) is 2.82. The number of carbonyl (C=O) groups excluding carboxylic acids is 1. The van der Waals surface area contributed by atoms with Crippen molar-refractivity contribution in [2.75, 3.05) is 12.3 Å². The summed E-state index contributed by atoms with van der Waals surface area (Å²) in [5, 5.41) is 4.29. The molecule has 0 unspecified atom stereocenters. The first-order valence-electron chi connectivity index (χ1n) is 8.56. The number of carbonyl (C=O) groups is 1. The highest BCUT2D eigenvalue weighted by atomic mass is 16.3. The van der Waals surface area contributed by atoms with Crippen molar-refractivity contribution in [1.29, 1.82) is 0 Å². The van der Waals surface area contributed by atoms with E-state index in [4.69, 9.17) is 10.2 Å². The number of nitrogens with two attached hydrogens (primary N) is 1. The van der Waals surface area contributed by atoms with Gasteiger partial charge in [-0.2, -0.15) is 4.52 Å². The Bertz CT molecular complexity index is 1070. The Morgan fingerprint density at radius 3 is 2.70 bits per heavy atom. The van der Waals surface area contributed by atoms with Gasteiger partial charge >= 0.3 is 0 Å². The molecule has 8 heteroatoms. The summed E-state index contributed by atoms with van der Waals surface area (Å²) in [7, 11) is 0. The molecule has 3 heterocycles. The van der Waals surface area contributed by atoms with Crippen molar-refractivity contribution in [3.63, 3.8) is 0 Å². The largest absolute Gasteiger partial charge is 0.461 e. The maximum absolute atomic E-state index is 12.9. The standard InChI is InChI=1S/C19H18N6O2/c1-2-24(12-13-7-4-3-5-8-13)18(26)14-11-16-22-17(15-9-6-10-27-15)23-25(16)19(20)21-14/h3-11H,2,12H2,1H3,(H2,20,21). The van der Waals surface area contributed by atoms with Gasteiger partial charge in [0, 0.05) is 19.2 Å². The highest BCUT2D eigenvalue weighted by Gasteiger charge is 2.20. The van der Waals surface area contributed by atoms with Crippen molar-refractivity contribution in [1.82, 2.24) is 24.5 Å². The molecule has 0 saturated carbocycles. The van der Waals surface area contributed by atoms with E-state index >= 15 is 0 Å². The van der Waals surface area contributed by atoms with Gasteiger partial charge in [0.1, 0.15) is 5.69 Å². The maximum Gasteiger partial charge on any atom is 0.273 e. The summed E-state index contributed by atoms with van der Waals surface area (Å²) in [4.78, 5) is 23.3. The average Bonchev–Trinajstić information content (AvgIpc) is 3.36. The van der Waals surface area contributed by atoms with Crippen LogP contribution in [-0.2, 0) is 6.54 Å². The number of rotatable bonds is 5. The molecule has 1 amide bonds. The molecule has 3 aromatic heterocycles.